The van der Waals surface area contributed by atoms with E-state index in [0.29, 0.717) is 6.61 Å². The third-order valence-corrected chi connectivity index (χ3v) is 2.42. The standard InChI is InChI=1S/C7H12N2O2/c10-6-9-7(2-4-11-6)1-3-8-5-7/h8H,1-5H2,(H,9,10)/t7-/m0/s1. The van der Waals surface area contributed by atoms with E-state index in [-0.39, 0.29) is 11.6 Å². The highest BCUT2D eigenvalue weighted by atomic mass is 16.6. The molecule has 0 aromatic heterocycles. The van der Waals surface area contributed by atoms with Gasteiger partial charge in [0, 0.05) is 13.0 Å². The number of nitrogens with one attached hydrogen (secondary N) is 2. The van der Waals surface area contributed by atoms with Crippen LogP contribution in [0.4, 0.5) is 4.79 Å². The number of rotatable bonds is 0. The molecule has 0 aliphatic carbocycles. The van der Waals surface area contributed by atoms with Crippen LogP contribution < -0.4 is 10.6 Å². The van der Waals surface area contributed by atoms with Crippen molar-refractivity contribution in [1.82, 2.24) is 10.6 Å². The van der Waals surface area contributed by atoms with Crippen LogP contribution >= 0.6 is 0 Å². The summed E-state index contributed by atoms with van der Waals surface area (Å²) in [5.41, 5.74) is 0.00926. The second-order valence-electron chi connectivity index (χ2n) is 3.22. The van der Waals surface area contributed by atoms with Crippen molar-refractivity contribution >= 4 is 6.09 Å². The molecule has 0 aromatic carbocycles. The molecule has 2 saturated heterocycles. The van der Waals surface area contributed by atoms with Crippen LogP contribution in [0.1, 0.15) is 12.8 Å². The number of ether oxygens (including phenoxy) is 1. The SMILES string of the molecule is O=C1N[C@@]2(CCNC2)CCO1. The van der Waals surface area contributed by atoms with Crippen LogP contribution in [0.2, 0.25) is 0 Å². The van der Waals surface area contributed by atoms with Gasteiger partial charge in [0.05, 0.1) is 12.1 Å². The Balaban J connectivity index is 2.05. The lowest BCUT2D eigenvalue weighted by Gasteiger charge is -2.32. The Morgan fingerprint density at radius 1 is 1.45 bits per heavy atom. The summed E-state index contributed by atoms with van der Waals surface area (Å²) in [5, 5.41) is 6.10. The molecule has 4 nitrogen and oxygen atoms in total. The minimum absolute atomic E-state index is 0.00926. The Labute approximate surface area is 65.3 Å². The van der Waals surface area contributed by atoms with Gasteiger partial charge in [-0.1, -0.05) is 0 Å². The maximum atomic E-state index is 10.9. The summed E-state index contributed by atoms with van der Waals surface area (Å²) in [5.74, 6) is 0. The van der Waals surface area contributed by atoms with Gasteiger partial charge >= 0.3 is 6.09 Å². The quantitative estimate of drug-likeness (QED) is 0.512. The normalized spacial score (nSPS) is 36.9. The molecule has 2 heterocycles. The zero-order valence-electron chi connectivity index (χ0n) is 6.35. The summed E-state index contributed by atoms with van der Waals surface area (Å²) in [6.07, 6.45) is 1.70. The number of cyclic esters (lactones) is 1. The van der Waals surface area contributed by atoms with E-state index >= 15 is 0 Å². The molecule has 11 heavy (non-hydrogen) atoms. The molecule has 2 aliphatic rings. The molecule has 4 heteroatoms. The molecule has 2 fully saturated rings. The van der Waals surface area contributed by atoms with Gasteiger partial charge in [0.1, 0.15) is 0 Å². The van der Waals surface area contributed by atoms with Crippen molar-refractivity contribution in [2.45, 2.75) is 18.4 Å². The van der Waals surface area contributed by atoms with Gasteiger partial charge in [0.25, 0.3) is 0 Å². The molecule has 0 unspecified atom stereocenters. The molecular weight excluding hydrogens is 144 g/mol. The van der Waals surface area contributed by atoms with Gasteiger partial charge in [-0.05, 0) is 13.0 Å². The smallest absolute Gasteiger partial charge is 0.407 e. The fourth-order valence-electron chi connectivity index (χ4n) is 1.72. The highest BCUT2D eigenvalue weighted by molar-refractivity contribution is 5.69. The predicted octanol–water partition coefficient (Wildman–Crippen LogP) is -0.152. The molecule has 2 rings (SSSR count). The first-order valence-electron chi connectivity index (χ1n) is 3.96. The van der Waals surface area contributed by atoms with Crippen LogP contribution in [0.5, 0.6) is 0 Å². The lowest BCUT2D eigenvalue weighted by Crippen LogP contribution is -2.54. The van der Waals surface area contributed by atoms with E-state index in [0.717, 1.165) is 25.9 Å². The van der Waals surface area contributed by atoms with Crippen molar-refractivity contribution in [2.24, 2.45) is 0 Å². The van der Waals surface area contributed by atoms with Crippen molar-refractivity contribution in [2.75, 3.05) is 19.7 Å². The summed E-state index contributed by atoms with van der Waals surface area (Å²) >= 11 is 0. The molecule has 2 N–H and O–H groups in total. The minimum Gasteiger partial charge on any atom is -0.449 e. The van der Waals surface area contributed by atoms with E-state index in [1.807, 2.05) is 0 Å². The van der Waals surface area contributed by atoms with Gasteiger partial charge in [0.2, 0.25) is 0 Å². The zero-order chi connectivity index (χ0) is 7.73. The first kappa shape index (κ1) is 6.91. The molecule has 0 radical (unpaired) electrons. The van der Waals surface area contributed by atoms with Gasteiger partial charge < -0.3 is 15.4 Å². The summed E-state index contributed by atoms with van der Waals surface area (Å²) in [6, 6.07) is 0. The monoisotopic (exact) mass is 156 g/mol. The first-order valence-corrected chi connectivity index (χ1v) is 3.96. The summed E-state index contributed by atoms with van der Waals surface area (Å²) < 4.78 is 4.79. The molecule has 1 atom stereocenters. The average Bonchev–Trinajstić information content (AvgIpc) is 2.37. The fourth-order valence-corrected chi connectivity index (χ4v) is 1.72. The van der Waals surface area contributed by atoms with Crippen molar-refractivity contribution in [1.29, 1.82) is 0 Å². The molecule has 0 aromatic rings. The average molecular weight is 156 g/mol. The van der Waals surface area contributed by atoms with Crippen molar-refractivity contribution in [3.63, 3.8) is 0 Å². The highest BCUT2D eigenvalue weighted by Gasteiger charge is 2.38. The molecular formula is C7H12N2O2. The van der Waals surface area contributed by atoms with Gasteiger partial charge in [0.15, 0.2) is 0 Å². The Morgan fingerprint density at radius 2 is 2.36 bits per heavy atom. The van der Waals surface area contributed by atoms with E-state index in [1.54, 1.807) is 0 Å². The third kappa shape index (κ3) is 1.18. The Hall–Kier alpha value is -0.770. The van der Waals surface area contributed by atoms with E-state index in [9.17, 15) is 4.79 Å². The molecule has 0 bridgehead atoms. The Kier molecular flexibility index (Phi) is 1.49. The number of amides is 1. The number of carbonyl (C=O) groups is 1. The van der Waals surface area contributed by atoms with Crippen LogP contribution in [0.3, 0.4) is 0 Å². The largest absolute Gasteiger partial charge is 0.449 e. The molecule has 1 amide bonds. The van der Waals surface area contributed by atoms with Crippen LogP contribution in [0.25, 0.3) is 0 Å². The van der Waals surface area contributed by atoms with Crippen molar-refractivity contribution in [3.8, 4) is 0 Å². The van der Waals surface area contributed by atoms with Gasteiger partial charge in [-0.2, -0.15) is 0 Å². The van der Waals surface area contributed by atoms with E-state index in [4.69, 9.17) is 4.74 Å². The fraction of sp³-hybridized carbons (Fsp3) is 0.857. The number of hydrogen-bond acceptors (Lipinski definition) is 3. The van der Waals surface area contributed by atoms with Crippen LogP contribution in [0, 0.1) is 0 Å². The first-order chi connectivity index (χ1) is 5.31. The summed E-state index contributed by atoms with van der Waals surface area (Å²) in [7, 11) is 0. The molecule has 1 spiro atoms. The summed E-state index contributed by atoms with van der Waals surface area (Å²) in [4.78, 5) is 10.9. The molecule has 62 valence electrons. The second kappa shape index (κ2) is 2.37. The number of alkyl carbamates (subject to hydrolysis) is 1. The minimum atomic E-state index is -0.264. The molecule has 2 aliphatic heterocycles. The van der Waals surface area contributed by atoms with Crippen LogP contribution in [-0.4, -0.2) is 31.3 Å². The van der Waals surface area contributed by atoms with Crippen LogP contribution in [-0.2, 0) is 4.74 Å². The van der Waals surface area contributed by atoms with E-state index < -0.39 is 0 Å². The van der Waals surface area contributed by atoms with Gasteiger partial charge in [-0.15, -0.1) is 0 Å². The van der Waals surface area contributed by atoms with Crippen molar-refractivity contribution in [3.05, 3.63) is 0 Å². The van der Waals surface area contributed by atoms with Gasteiger partial charge in [-0.25, -0.2) is 4.79 Å². The topological polar surface area (TPSA) is 50.4 Å². The second-order valence-corrected chi connectivity index (χ2v) is 3.22. The van der Waals surface area contributed by atoms with Gasteiger partial charge in [-0.3, -0.25) is 0 Å². The number of hydrogen-bond donors (Lipinski definition) is 2. The Morgan fingerprint density at radius 3 is 3.00 bits per heavy atom. The van der Waals surface area contributed by atoms with E-state index in [1.165, 1.54) is 0 Å². The van der Waals surface area contributed by atoms with Crippen molar-refractivity contribution < 1.29 is 9.53 Å². The maximum Gasteiger partial charge on any atom is 0.407 e. The predicted molar refractivity (Wildman–Crippen MR) is 39.3 cm³/mol. The summed E-state index contributed by atoms with van der Waals surface area (Å²) in [6.45, 7) is 2.45. The van der Waals surface area contributed by atoms with E-state index in [2.05, 4.69) is 10.6 Å². The number of carbonyl (C=O) groups excluding carboxylic acids is 1. The lowest BCUT2D eigenvalue weighted by atomic mass is 9.94. The highest BCUT2D eigenvalue weighted by Crippen LogP contribution is 2.21. The zero-order valence-corrected chi connectivity index (χ0v) is 6.35. The Bertz CT molecular complexity index is 175. The maximum absolute atomic E-state index is 10.9. The molecule has 0 saturated carbocycles. The lowest BCUT2D eigenvalue weighted by molar-refractivity contribution is 0.0924. The third-order valence-electron chi connectivity index (χ3n) is 2.42. The van der Waals surface area contributed by atoms with Crippen LogP contribution in [0.15, 0.2) is 0 Å².